The van der Waals surface area contributed by atoms with E-state index in [1.807, 2.05) is 30.4 Å². The van der Waals surface area contributed by atoms with Gasteiger partial charge in [0.2, 0.25) is 5.91 Å². The van der Waals surface area contributed by atoms with E-state index >= 15 is 0 Å². The predicted octanol–water partition coefficient (Wildman–Crippen LogP) is 2.80. The molecule has 2 rings (SSSR count). The van der Waals surface area contributed by atoms with Gasteiger partial charge in [0.05, 0.1) is 12.8 Å². The number of hydrogen-bond acceptors (Lipinski definition) is 4. The smallest absolute Gasteiger partial charge is 0.238 e. The Labute approximate surface area is 129 Å². The number of aromatic hydroxyl groups is 1. The highest BCUT2D eigenvalue weighted by molar-refractivity contribution is 5.93. The SMILES string of the molecule is COc1cc(O)ccc1/C=C\c1ccccc1N(N)C(C)=O. The van der Waals surface area contributed by atoms with Crippen LogP contribution in [0.2, 0.25) is 0 Å². The van der Waals surface area contributed by atoms with Crippen LogP contribution in [0.15, 0.2) is 42.5 Å². The zero-order valence-electron chi connectivity index (χ0n) is 12.5. The topological polar surface area (TPSA) is 75.8 Å². The van der Waals surface area contributed by atoms with Gasteiger partial charge in [0.15, 0.2) is 0 Å². The first-order valence-corrected chi connectivity index (χ1v) is 6.72. The number of benzene rings is 2. The number of hydrazine groups is 1. The summed E-state index contributed by atoms with van der Waals surface area (Å²) in [4.78, 5) is 11.4. The molecule has 22 heavy (non-hydrogen) atoms. The molecule has 114 valence electrons. The van der Waals surface area contributed by atoms with Crippen LogP contribution < -0.4 is 15.6 Å². The van der Waals surface area contributed by atoms with E-state index in [1.54, 1.807) is 18.2 Å². The van der Waals surface area contributed by atoms with Crippen molar-refractivity contribution in [3.8, 4) is 11.5 Å². The Morgan fingerprint density at radius 3 is 2.55 bits per heavy atom. The first-order valence-electron chi connectivity index (χ1n) is 6.72. The third kappa shape index (κ3) is 3.45. The van der Waals surface area contributed by atoms with E-state index in [2.05, 4.69) is 0 Å². The summed E-state index contributed by atoms with van der Waals surface area (Å²) in [6.45, 7) is 1.41. The van der Waals surface area contributed by atoms with Crippen LogP contribution in [0.3, 0.4) is 0 Å². The van der Waals surface area contributed by atoms with Crippen molar-refractivity contribution in [2.75, 3.05) is 12.1 Å². The number of phenols is 1. The van der Waals surface area contributed by atoms with E-state index in [9.17, 15) is 9.90 Å². The highest BCUT2D eigenvalue weighted by atomic mass is 16.5. The Bertz CT molecular complexity index is 711. The van der Waals surface area contributed by atoms with Gasteiger partial charge in [-0.3, -0.25) is 4.79 Å². The summed E-state index contributed by atoms with van der Waals surface area (Å²) in [6.07, 6.45) is 3.68. The molecular formula is C17H18N2O3. The number of carbonyl (C=O) groups is 1. The Kier molecular flexibility index (Phi) is 4.80. The van der Waals surface area contributed by atoms with E-state index in [1.165, 1.54) is 20.1 Å². The number of amides is 1. The van der Waals surface area contributed by atoms with Gasteiger partial charge < -0.3 is 9.84 Å². The van der Waals surface area contributed by atoms with Crippen molar-refractivity contribution in [1.29, 1.82) is 0 Å². The first-order chi connectivity index (χ1) is 10.5. The molecule has 0 bridgehead atoms. The van der Waals surface area contributed by atoms with Gasteiger partial charge >= 0.3 is 0 Å². The van der Waals surface area contributed by atoms with Gasteiger partial charge in [-0.2, -0.15) is 0 Å². The second-order valence-electron chi connectivity index (χ2n) is 4.71. The summed E-state index contributed by atoms with van der Waals surface area (Å²) in [5, 5.41) is 10.6. The molecule has 0 aliphatic heterocycles. The molecule has 0 saturated carbocycles. The molecule has 0 saturated heterocycles. The van der Waals surface area contributed by atoms with Crippen LogP contribution in [0.5, 0.6) is 11.5 Å². The van der Waals surface area contributed by atoms with Crippen LogP contribution in [-0.4, -0.2) is 18.1 Å². The van der Waals surface area contributed by atoms with Gasteiger partial charge in [-0.15, -0.1) is 0 Å². The lowest BCUT2D eigenvalue weighted by atomic mass is 10.1. The van der Waals surface area contributed by atoms with Gasteiger partial charge in [0.1, 0.15) is 11.5 Å². The summed E-state index contributed by atoms with van der Waals surface area (Å²) in [5.41, 5.74) is 2.22. The van der Waals surface area contributed by atoms with Crippen molar-refractivity contribution >= 4 is 23.7 Å². The van der Waals surface area contributed by atoms with Gasteiger partial charge in [-0.25, -0.2) is 10.9 Å². The monoisotopic (exact) mass is 298 g/mol. The van der Waals surface area contributed by atoms with Crippen molar-refractivity contribution < 1.29 is 14.6 Å². The zero-order valence-corrected chi connectivity index (χ0v) is 12.5. The molecule has 2 aromatic carbocycles. The summed E-state index contributed by atoms with van der Waals surface area (Å²) in [5.74, 6) is 6.23. The molecule has 0 atom stereocenters. The van der Waals surface area contributed by atoms with Crippen LogP contribution in [0.4, 0.5) is 5.69 Å². The number of anilines is 1. The maximum atomic E-state index is 11.4. The number of carbonyl (C=O) groups excluding carboxylic acids is 1. The third-order valence-corrected chi connectivity index (χ3v) is 3.20. The second-order valence-corrected chi connectivity index (χ2v) is 4.71. The lowest BCUT2D eigenvalue weighted by Crippen LogP contribution is -2.35. The van der Waals surface area contributed by atoms with Crippen LogP contribution in [-0.2, 0) is 4.79 Å². The highest BCUT2D eigenvalue weighted by Gasteiger charge is 2.09. The minimum atomic E-state index is -0.247. The molecule has 0 aliphatic carbocycles. The number of nitrogens with zero attached hydrogens (tertiary/aromatic N) is 1. The fourth-order valence-electron chi connectivity index (χ4n) is 2.03. The molecule has 0 heterocycles. The highest BCUT2D eigenvalue weighted by Crippen LogP contribution is 2.27. The fourth-order valence-corrected chi connectivity index (χ4v) is 2.03. The van der Waals surface area contributed by atoms with Crippen molar-refractivity contribution in [2.45, 2.75) is 6.92 Å². The molecule has 0 aliphatic rings. The van der Waals surface area contributed by atoms with Crippen molar-refractivity contribution in [3.63, 3.8) is 0 Å². The standard InChI is InChI=1S/C17H18N2O3/c1-12(20)19(18)16-6-4-3-5-13(16)7-8-14-9-10-15(21)11-17(14)22-2/h3-11,21H,18H2,1-2H3/b8-7-. The molecule has 0 unspecified atom stereocenters. The molecule has 5 heteroatoms. The van der Waals surface area contributed by atoms with Crippen molar-refractivity contribution in [3.05, 3.63) is 53.6 Å². The van der Waals surface area contributed by atoms with Crippen molar-refractivity contribution in [1.82, 2.24) is 0 Å². The molecule has 1 amide bonds. The molecule has 2 aromatic rings. The third-order valence-electron chi connectivity index (χ3n) is 3.20. The summed E-state index contributed by atoms with van der Waals surface area (Å²) >= 11 is 0. The van der Waals surface area contributed by atoms with Gasteiger partial charge in [0, 0.05) is 18.6 Å². The number of rotatable bonds is 4. The van der Waals surface area contributed by atoms with E-state index in [4.69, 9.17) is 10.6 Å². The van der Waals surface area contributed by atoms with Crippen molar-refractivity contribution in [2.24, 2.45) is 5.84 Å². The van der Waals surface area contributed by atoms with Crippen LogP contribution in [0.25, 0.3) is 12.2 Å². The van der Waals surface area contributed by atoms with E-state index in [-0.39, 0.29) is 11.7 Å². The minimum Gasteiger partial charge on any atom is -0.508 e. The van der Waals surface area contributed by atoms with Gasteiger partial charge in [0.25, 0.3) is 0 Å². The average Bonchev–Trinajstić information content (AvgIpc) is 2.53. The quantitative estimate of drug-likeness (QED) is 0.394. The van der Waals surface area contributed by atoms with Gasteiger partial charge in [-0.05, 0) is 23.8 Å². The van der Waals surface area contributed by atoms with Crippen LogP contribution in [0.1, 0.15) is 18.1 Å². The number of methoxy groups -OCH3 is 1. The van der Waals surface area contributed by atoms with E-state index in [0.29, 0.717) is 11.4 Å². The zero-order chi connectivity index (χ0) is 16.1. The van der Waals surface area contributed by atoms with E-state index in [0.717, 1.165) is 16.1 Å². The number of hydrogen-bond donors (Lipinski definition) is 2. The predicted molar refractivity (Wildman–Crippen MR) is 87.4 cm³/mol. The average molecular weight is 298 g/mol. The number of phenolic OH excluding ortho intramolecular Hbond substituents is 1. The largest absolute Gasteiger partial charge is 0.508 e. The lowest BCUT2D eigenvalue weighted by molar-refractivity contribution is -0.116. The molecule has 0 spiro atoms. The second kappa shape index (κ2) is 6.78. The molecule has 0 fully saturated rings. The molecule has 3 N–H and O–H groups in total. The Balaban J connectivity index is 2.37. The number of para-hydroxylation sites is 1. The normalized spacial score (nSPS) is 10.7. The first kappa shape index (κ1) is 15.6. The molecule has 0 radical (unpaired) electrons. The Morgan fingerprint density at radius 1 is 1.18 bits per heavy atom. The summed E-state index contributed by atoms with van der Waals surface area (Å²) < 4.78 is 5.23. The fraction of sp³-hybridized carbons (Fsp3) is 0.118. The minimum absolute atomic E-state index is 0.138. The Hall–Kier alpha value is -2.79. The molecular weight excluding hydrogens is 280 g/mol. The van der Waals surface area contributed by atoms with Crippen LogP contribution >= 0.6 is 0 Å². The maximum Gasteiger partial charge on any atom is 0.238 e. The maximum absolute atomic E-state index is 11.4. The lowest BCUT2D eigenvalue weighted by Gasteiger charge is -2.16. The summed E-state index contributed by atoms with van der Waals surface area (Å²) in [6, 6.07) is 12.2. The summed E-state index contributed by atoms with van der Waals surface area (Å²) in [7, 11) is 1.54. The van der Waals surface area contributed by atoms with E-state index < -0.39 is 0 Å². The number of nitrogens with two attached hydrogens (primary N) is 1. The Morgan fingerprint density at radius 2 is 1.86 bits per heavy atom. The molecule has 0 aromatic heterocycles. The molecule has 5 nitrogen and oxygen atoms in total. The van der Waals surface area contributed by atoms with Gasteiger partial charge in [-0.1, -0.05) is 30.4 Å². The van der Waals surface area contributed by atoms with Crippen LogP contribution in [0, 0.1) is 0 Å². The number of ether oxygens (including phenoxy) is 1.